The van der Waals surface area contributed by atoms with Gasteiger partial charge in [0.2, 0.25) is 0 Å². The van der Waals surface area contributed by atoms with Gasteiger partial charge in [0.05, 0.1) is 4.87 Å². The van der Waals surface area contributed by atoms with E-state index in [1.54, 1.807) is 0 Å². The second-order valence-corrected chi connectivity index (χ2v) is 6.46. The standard InChI is InChI=1S/C11H20N2O2S/c1-8(2)13-5-4-11(7-13)12-9(10(14)15)3-6-16-11/h8-9,12H,3-7H2,1-2H3,(H,14,15). The Morgan fingerprint density at radius 3 is 2.94 bits per heavy atom. The summed E-state index contributed by atoms with van der Waals surface area (Å²) in [7, 11) is 0. The van der Waals surface area contributed by atoms with Gasteiger partial charge in [0, 0.05) is 19.1 Å². The zero-order valence-corrected chi connectivity index (χ0v) is 10.7. The van der Waals surface area contributed by atoms with Gasteiger partial charge in [-0.05, 0) is 32.4 Å². The predicted octanol–water partition coefficient (Wildman–Crippen LogP) is 0.977. The molecule has 16 heavy (non-hydrogen) atoms. The number of hydrogen-bond donors (Lipinski definition) is 2. The van der Waals surface area contributed by atoms with Crippen LogP contribution >= 0.6 is 11.8 Å². The number of aliphatic carboxylic acids is 1. The first-order chi connectivity index (χ1) is 7.52. The highest BCUT2D eigenvalue weighted by Crippen LogP contribution is 2.37. The lowest BCUT2D eigenvalue weighted by Crippen LogP contribution is -2.56. The molecule has 0 aromatic rings. The van der Waals surface area contributed by atoms with Gasteiger partial charge in [-0.3, -0.25) is 15.0 Å². The van der Waals surface area contributed by atoms with E-state index in [1.807, 2.05) is 11.8 Å². The van der Waals surface area contributed by atoms with Gasteiger partial charge in [0.1, 0.15) is 6.04 Å². The van der Waals surface area contributed by atoms with Crippen LogP contribution in [0, 0.1) is 0 Å². The molecule has 0 radical (unpaired) electrons. The Bertz CT molecular complexity index is 285. The molecule has 1 spiro atoms. The zero-order valence-electron chi connectivity index (χ0n) is 9.90. The summed E-state index contributed by atoms with van der Waals surface area (Å²) < 4.78 is 0. The van der Waals surface area contributed by atoms with Crippen molar-refractivity contribution in [1.82, 2.24) is 10.2 Å². The maximum Gasteiger partial charge on any atom is 0.320 e. The number of carboxylic acid groups (broad SMARTS) is 1. The first-order valence-electron chi connectivity index (χ1n) is 5.91. The molecule has 5 heteroatoms. The Morgan fingerprint density at radius 1 is 1.62 bits per heavy atom. The van der Waals surface area contributed by atoms with Crippen LogP contribution in [0.4, 0.5) is 0 Å². The molecule has 0 bridgehead atoms. The van der Waals surface area contributed by atoms with Gasteiger partial charge in [0.25, 0.3) is 0 Å². The van der Waals surface area contributed by atoms with Crippen molar-refractivity contribution in [2.75, 3.05) is 18.8 Å². The number of nitrogens with one attached hydrogen (secondary N) is 1. The average Bonchev–Trinajstić information content (AvgIpc) is 2.62. The summed E-state index contributed by atoms with van der Waals surface area (Å²) in [5.41, 5.74) is 0. The number of carboxylic acids is 1. The number of thioether (sulfide) groups is 1. The van der Waals surface area contributed by atoms with Crippen molar-refractivity contribution in [3.63, 3.8) is 0 Å². The molecule has 2 unspecified atom stereocenters. The molecule has 2 aliphatic rings. The molecule has 2 fully saturated rings. The highest BCUT2D eigenvalue weighted by atomic mass is 32.2. The van der Waals surface area contributed by atoms with Crippen LogP contribution in [0.1, 0.15) is 26.7 Å². The summed E-state index contributed by atoms with van der Waals surface area (Å²) in [5.74, 6) is 0.248. The zero-order chi connectivity index (χ0) is 11.8. The Hall–Kier alpha value is -0.260. The van der Waals surface area contributed by atoms with Gasteiger partial charge in [-0.15, -0.1) is 11.8 Å². The van der Waals surface area contributed by atoms with Crippen molar-refractivity contribution in [3.05, 3.63) is 0 Å². The fourth-order valence-electron chi connectivity index (χ4n) is 2.48. The van der Waals surface area contributed by atoms with Crippen LogP contribution in [0.15, 0.2) is 0 Å². The molecule has 0 aliphatic carbocycles. The summed E-state index contributed by atoms with van der Waals surface area (Å²) >= 11 is 1.90. The second-order valence-electron chi connectivity index (χ2n) is 4.98. The summed E-state index contributed by atoms with van der Waals surface area (Å²) in [6, 6.07) is 0.195. The fourth-order valence-corrected chi connectivity index (χ4v) is 3.94. The Labute approximate surface area is 101 Å². The molecule has 0 aromatic carbocycles. The predicted molar refractivity (Wildman–Crippen MR) is 65.7 cm³/mol. The van der Waals surface area contributed by atoms with Crippen molar-refractivity contribution in [2.45, 2.75) is 43.6 Å². The minimum absolute atomic E-state index is 0.00836. The topological polar surface area (TPSA) is 52.6 Å². The number of hydrogen-bond acceptors (Lipinski definition) is 4. The van der Waals surface area contributed by atoms with Crippen molar-refractivity contribution < 1.29 is 9.90 Å². The van der Waals surface area contributed by atoms with Crippen LogP contribution in [0.2, 0.25) is 0 Å². The quantitative estimate of drug-likeness (QED) is 0.758. The molecule has 4 nitrogen and oxygen atoms in total. The highest BCUT2D eigenvalue weighted by molar-refractivity contribution is 8.00. The molecule has 2 aliphatic heterocycles. The lowest BCUT2D eigenvalue weighted by atomic mass is 10.1. The van der Waals surface area contributed by atoms with Gasteiger partial charge in [-0.2, -0.15) is 0 Å². The largest absolute Gasteiger partial charge is 0.480 e. The summed E-state index contributed by atoms with van der Waals surface area (Å²) in [4.78, 5) is 13.4. The van der Waals surface area contributed by atoms with E-state index in [1.165, 1.54) is 0 Å². The van der Waals surface area contributed by atoms with Crippen molar-refractivity contribution in [1.29, 1.82) is 0 Å². The van der Waals surface area contributed by atoms with E-state index in [9.17, 15) is 4.79 Å². The third-order valence-corrected chi connectivity index (χ3v) is 4.96. The van der Waals surface area contributed by atoms with Crippen LogP contribution in [0.25, 0.3) is 0 Å². The van der Waals surface area contributed by atoms with E-state index in [0.29, 0.717) is 6.04 Å². The van der Waals surface area contributed by atoms with Crippen molar-refractivity contribution >= 4 is 17.7 Å². The molecule has 2 saturated heterocycles. The van der Waals surface area contributed by atoms with Crippen LogP contribution in [-0.2, 0) is 4.79 Å². The lowest BCUT2D eigenvalue weighted by Gasteiger charge is -2.38. The number of nitrogens with zero attached hydrogens (tertiary/aromatic N) is 1. The lowest BCUT2D eigenvalue weighted by molar-refractivity contribution is -0.140. The number of rotatable bonds is 2. The SMILES string of the molecule is CC(C)N1CCC2(C1)NC(C(=O)O)CCS2. The van der Waals surface area contributed by atoms with Crippen molar-refractivity contribution in [2.24, 2.45) is 0 Å². The smallest absolute Gasteiger partial charge is 0.320 e. The summed E-state index contributed by atoms with van der Waals surface area (Å²) in [5, 5.41) is 12.4. The normalized spacial score (nSPS) is 36.1. The second kappa shape index (κ2) is 4.55. The Morgan fingerprint density at radius 2 is 2.38 bits per heavy atom. The number of carbonyl (C=O) groups is 1. The molecule has 2 heterocycles. The van der Waals surface area contributed by atoms with Crippen LogP contribution in [-0.4, -0.2) is 51.8 Å². The average molecular weight is 244 g/mol. The molecule has 2 rings (SSSR count). The summed E-state index contributed by atoms with van der Waals surface area (Å²) in [6.45, 7) is 6.44. The van der Waals surface area contributed by atoms with Gasteiger partial charge in [0.15, 0.2) is 0 Å². The third kappa shape index (κ3) is 2.36. The first kappa shape index (κ1) is 12.2. The van der Waals surface area contributed by atoms with E-state index < -0.39 is 5.97 Å². The molecular formula is C11H20N2O2S. The molecule has 2 N–H and O–H groups in total. The van der Waals surface area contributed by atoms with Crippen LogP contribution in [0.3, 0.4) is 0 Å². The van der Waals surface area contributed by atoms with Gasteiger partial charge >= 0.3 is 5.97 Å². The molecule has 0 amide bonds. The fraction of sp³-hybridized carbons (Fsp3) is 0.909. The van der Waals surface area contributed by atoms with E-state index in [0.717, 1.165) is 31.7 Å². The van der Waals surface area contributed by atoms with E-state index >= 15 is 0 Å². The first-order valence-corrected chi connectivity index (χ1v) is 6.89. The van der Waals surface area contributed by atoms with Crippen LogP contribution < -0.4 is 5.32 Å². The minimum atomic E-state index is -0.706. The molecular weight excluding hydrogens is 224 g/mol. The molecule has 92 valence electrons. The van der Waals surface area contributed by atoms with E-state index in [-0.39, 0.29) is 10.9 Å². The van der Waals surface area contributed by atoms with E-state index in [4.69, 9.17) is 5.11 Å². The molecule has 2 atom stereocenters. The number of likely N-dealkylation sites (tertiary alicyclic amines) is 1. The summed E-state index contributed by atoms with van der Waals surface area (Å²) in [6.07, 6.45) is 1.79. The van der Waals surface area contributed by atoms with E-state index in [2.05, 4.69) is 24.1 Å². The van der Waals surface area contributed by atoms with Gasteiger partial charge in [-0.1, -0.05) is 0 Å². The monoisotopic (exact) mass is 244 g/mol. The highest BCUT2D eigenvalue weighted by Gasteiger charge is 2.44. The maximum absolute atomic E-state index is 11.0. The molecule has 0 aromatic heterocycles. The Balaban J connectivity index is 2.01. The third-order valence-electron chi connectivity index (χ3n) is 3.51. The van der Waals surface area contributed by atoms with Gasteiger partial charge < -0.3 is 5.11 Å². The van der Waals surface area contributed by atoms with Gasteiger partial charge in [-0.25, -0.2) is 0 Å². The Kier molecular flexibility index (Phi) is 3.47. The van der Waals surface area contributed by atoms with Crippen molar-refractivity contribution in [3.8, 4) is 0 Å². The van der Waals surface area contributed by atoms with Crippen LogP contribution in [0.5, 0.6) is 0 Å². The maximum atomic E-state index is 11.0. The molecule has 0 saturated carbocycles. The minimum Gasteiger partial charge on any atom is -0.480 e.